The summed E-state index contributed by atoms with van der Waals surface area (Å²) < 4.78 is 7.03. The van der Waals surface area contributed by atoms with E-state index in [0.717, 1.165) is 14.6 Å². The maximum absolute atomic E-state index is 11.3. The van der Waals surface area contributed by atoms with Crippen LogP contribution in [0, 0.1) is 0 Å². The standard InChI is InChI=1S/C11H10Br2N4O2/c12-5-3-6-10(19-4-7(18)16-6)8(13)9(5)17-2-1-15-11(17)14/h3H,1-2,4H2,(H2,14,15)(H,16,18). The van der Waals surface area contributed by atoms with Crippen LogP contribution in [0.15, 0.2) is 20.0 Å². The molecule has 2 aliphatic heterocycles. The fourth-order valence-corrected chi connectivity index (χ4v) is 3.75. The molecule has 0 saturated carbocycles. The Morgan fingerprint density at radius 1 is 1.47 bits per heavy atom. The Morgan fingerprint density at radius 2 is 2.26 bits per heavy atom. The number of ether oxygens (including phenoxy) is 1. The lowest BCUT2D eigenvalue weighted by Gasteiger charge is -2.26. The summed E-state index contributed by atoms with van der Waals surface area (Å²) in [5.74, 6) is 0.917. The van der Waals surface area contributed by atoms with Gasteiger partial charge >= 0.3 is 0 Å². The van der Waals surface area contributed by atoms with Gasteiger partial charge in [0.1, 0.15) is 0 Å². The van der Waals surface area contributed by atoms with E-state index in [2.05, 4.69) is 42.2 Å². The normalized spacial score (nSPS) is 17.7. The van der Waals surface area contributed by atoms with Crippen LogP contribution in [-0.2, 0) is 4.79 Å². The van der Waals surface area contributed by atoms with Gasteiger partial charge in [0.05, 0.1) is 22.4 Å². The van der Waals surface area contributed by atoms with Crippen LogP contribution in [0.3, 0.4) is 0 Å². The Labute approximate surface area is 126 Å². The van der Waals surface area contributed by atoms with E-state index in [1.807, 2.05) is 4.90 Å². The predicted molar refractivity (Wildman–Crippen MR) is 79.8 cm³/mol. The molecule has 3 N–H and O–H groups in total. The highest BCUT2D eigenvalue weighted by Crippen LogP contribution is 2.46. The van der Waals surface area contributed by atoms with Gasteiger partial charge in [0.25, 0.3) is 5.91 Å². The van der Waals surface area contributed by atoms with E-state index in [4.69, 9.17) is 10.5 Å². The second kappa shape index (κ2) is 4.68. The van der Waals surface area contributed by atoms with E-state index in [-0.39, 0.29) is 12.5 Å². The van der Waals surface area contributed by atoms with Gasteiger partial charge in [-0.3, -0.25) is 9.79 Å². The number of hydrogen-bond donors (Lipinski definition) is 2. The predicted octanol–water partition coefficient (Wildman–Crippen LogP) is 1.68. The lowest BCUT2D eigenvalue weighted by Crippen LogP contribution is -2.34. The number of aliphatic imine (C=N–C) groups is 1. The molecule has 0 atom stereocenters. The molecule has 0 saturated heterocycles. The number of nitrogens with one attached hydrogen (secondary N) is 1. The molecule has 0 aliphatic carbocycles. The Morgan fingerprint density at radius 3 is 2.95 bits per heavy atom. The van der Waals surface area contributed by atoms with Gasteiger partial charge in [0.2, 0.25) is 0 Å². The number of benzene rings is 1. The Hall–Kier alpha value is -1.28. The molecule has 2 aliphatic rings. The van der Waals surface area contributed by atoms with Crippen LogP contribution in [0.5, 0.6) is 5.75 Å². The van der Waals surface area contributed by atoms with E-state index >= 15 is 0 Å². The summed E-state index contributed by atoms with van der Waals surface area (Å²) in [6.45, 7) is 1.39. The highest BCUT2D eigenvalue weighted by molar-refractivity contribution is 9.11. The topological polar surface area (TPSA) is 79.9 Å². The van der Waals surface area contributed by atoms with Gasteiger partial charge in [0, 0.05) is 11.0 Å². The van der Waals surface area contributed by atoms with Crippen LogP contribution >= 0.6 is 31.9 Å². The lowest BCUT2D eigenvalue weighted by atomic mass is 10.2. The molecule has 0 bridgehead atoms. The fourth-order valence-electron chi connectivity index (χ4n) is 2.09. The molecule has 0 aromatic heterocycles. The third-order valence-corrected chi connectivity index (χ3v) is 4.25. The quantitative estimate of drug-likeness (QED) is 0.765. The summed E-state index contributed by atoms with van der Waals surface area (Å²) in [6.07, 6.45) is 0. The largest absolute Gasteiger partial charge is 0.480 e. The monoisotopic (exact) mass is 388 g/mol. The van der Waals surface area contributed by atoms with Gasteiger partial charge in [-0.05, 0) is 37.9 Å². The van der Waals surface area contributed by atoms with Gasteiger partial charge in [0.15, 0.2) is 18.3 Å². The zero-order valence-corrected chi connectivity index (χ0v) is 12.9. The number of fused-ring (bicyclic) bond motifs is 1. The molecule has 0 unspecified atom stereocenters. The van der Waals surface area contributed by atoms with Crippen molar-refractivity contribution in [3.8, 4) is 5.75 Å². The van der Waals surface area contributed by atoms with Crippen molar-refractivity contribution in [1.29, 1.82) is 0 Å². The molecular weight excluding hydrogens is 380 g/mol. The summed E-state index contributed by atoms with van der Waals surface area (Å²) in [6, 6.07) is 1.80. The van der Waals surface area contributed by atoms with Gasteiger partial charge in [-0.25, -0.2) is 0 Å². The first kappa shape index (κ1) is 12.7. The summed E-state index contributed by atoms with van der Waals surface area (Å²) >= 11 is 7.01. The number of rotatable bonds is 1. The van der Waals surface area contributed by atoms with Crippen molar-refractivity contribution in [3.05, 3.63) is 15.0 Å². The molecule has 6 nitrogen and oxygen atoms in total. The van der Waals surface area contributed by atoms with Crippen molar-refractivity contribution in [2.24, 2.45) is 10.7 Å². The molecule has 19 heavy (non-hydrogen) atoms. The molecule has 0 radical (unpaired) electrons. The molecule has 8 heteroatoms. The van der Waals surface area contributed by atoms with E-state index in [1.54, 1.807) is 6.07 Å². The first-order valence-electron chi connectivity index (χ1n) is 5.60. The fraction of sp³-hybridized carbons (Fsp3) is 0.273. The molecule has 100 valence electrons. The van der Waals surface area contributed by atoms with Gasteiger partial charge in [-0.15, -0.1) is 0 Å². The van der Waals surface area contributed by atoms with Crippen molar-refractivity contribution < 1.29 is 9.53 Å². The second-order valence-corrected chi connectivity index (χ2v) is 5.77. The Bertz CT molecular complexity index is 603. The van der Waals surface area contributed by atoms with E-state index in [1.165, 1.54) is 0 Å². The van der Waals surface area contributed by atoms with Gasteiger partial charge < -0.3 is 20.7 Å². The number of guanidine groups is 1. The molecular formula is C11H10Br2N4O2. The molecule has 1 amide bonds. The van der Waals surface area contributed by atoms with Crippen LogP contribution in [0.25, 0.3) is 0 Å². The zero-order chi connectivity index (χ0) is 13.6. The average Bonchev–Trinajstić information content (AvgIpc) is 2.75. The number of carbonyl (C=O) groups excluding carboxylic acids is 1. The minimum atomic E-state index is -0.165. The van der Waals surface area contributed by atoms with Crippen molar-refractivity contribution >= 4 is 55.1 Å². The number of hydrogen-bond acceptors (Lipinski definition) is 5. The Balaban J connectivity index is 2.11. The van der Waals surface area contributed by atoms with Crippen molar-refractivity contribution in [2.45, 2.75) is 0 Å². The second-order valence-electron chi connectivity index (χ2n) is 4.13. The zero-order valence-electron chi connectivity index (χ0n) is 9.74. The number of amides is 1. The molecule has 1 aromatic carbocycles. The minimum Gasteiger partial charge on any atom is -0.480 e. The van der Waals surface area contributed by atoms with Crippen LogP contribution in [0.4, 0.5) is 11.4 Å². The summed E-state index contributed by atoms with van der Waals surface area (Å²) in [4.78, 5) is 17.4. The van der Waals surface area contributed by atoms with Gasteiger partial charge in [-0.1, -0.05) is 0 Å². The SMILES string of the molecule is NC1=NCCN1c1c(Br)cc2c(c1Br)OCC(=O)N2. The summed E-state index contributed by atoms with van der Waals surface area (Å²) in [7, 11) is 0. The molecule has 2 heterocycles. The van der Waals surface area contributed by atoms with E-state index < -0.39 is 0 Å². The highest BCUT2D eigenvalue weighted by Gasteiger charge is 2.27. The maximum Gasteiger partial charge on any atom is 0.262 e. The smallest absolute Gasteiger partial charge is 0.262 e. The average molecular weight is 390 g/mol. The lowest BCUT2D eigenvalue weighted by molar-refractivity contribution is -0.118. The van der Waals surface area contributed by atoms with E-state index in [9.17, 15) is 4.79 Å². The maximum atomic E-state index is 11.3. The van der Waals surface area contributed by atoms with Crippen LogP contribution in [-0.4, -0.2) is 31.6 Å². The van der Waals surface area contributed by atoms with Crippen LogP contribution < -0.4 is 20.7 Å². The number of nitrogens with two attached hydrogens (primary N) is 1. The molecule has 0 spiro atoms. The Kier molecular flexibility index (Phi) is 3.14. The van der Waals surface area contributed by atoms with Crippen LogP contribution in [0.1, 0.15) is 0 Å². The minimum absolute atomic E-state index is 0.0102. The number of nitrogens with zero attached hydrogens (tertiary/aromatic N) is 2. The molecule has 0 fully saturated rings. The number of anilines is 2. The highest BCUT2D eigenvalue weighted by atomic mass is 79.9. The van der Waals surface area contributed by atoms with Crippen LogP contribution in [0.2, 0.25) is 0 Å². The van der Waals surface area contributed by atoms with Crippen molar-refractivity contribution in [2.75, 3.05) is 29.9 Å². The molecule has 1 aromatic rings. The number of halogens is 2. The first-order chi connectivity index (χ1) is 9.08. The van der Waals surface area contributed by atoms with E-state index in [0.29, 0.717) is 30.5 Å². The van der Waals surface area contributed by atoms with Crippen molar-refractivity contribution in [3.63, 3.8) is 0 Å². The third kappa shape index (κ3) is 2.08. The van der Waals surface area contributed by atoms with Crippen molar-refractivity contribution in [1.82, 2.24) is 0 Å². The van der Waals surface area contributed by atoms with Gasteiger partial charge in [-0.2, -0.15) is 0 Å². The summed E-state index contributed by atoms with van der Waals surface area (Å²) in [5, 5.41) is 2.77. The third-order valence-electron chi connectivity index (χ3n) is 2.91. The first-order valence-corrected chi connectivity index (χ1v) is 7.18. The number of carbonyl (C=O) groups is 1. The molecule has 3 rings (SSSR count). The summed E-state index contributed by atoms with van der Waals surface area (Å²) in [5.41, 5.74) is 7.36.